The first-order chi connectivity index (χ1) is 10.0. The van der Waals surface area contributed by atoms with Gasteiger partial charge < -0.3 is 10.1 Å². The van der Waals surface area contributed by atoms with Crippen LogP contribution >= 0.6 is 0 Å². The molecule has 0 aromatic heterocycles. The minimum absolute atomic E-state index is 0.0735. The van der Waals surface area contributed by atoms with Gasteiger partial charge in [-0.3, -0.25) is 4.18 Å². The van der Waals surface area contributed by atoms with E-state index in [0.717, 1.165) is 25.7 Å². The van der Waals surface area contributed by atoms with E-state index < -0.39 is 22.0 Å². The molecule has 4 atom stereocenters. The molecule has 2 saturated carbocycles. The molecule has 0 radical (unpaired) electrons. The fourth-order valence-electron chi connectivity index (χ4n) is 3.57. The van der Waals surface area contributed by atoms with E-state index in [1.807, 2.05) is 20.8 Å². The molecule has 0 aromatic carbocycles. The average molecular weight is 334 g/mol. The molecule has 22 heavy (non-hydrogen) atoms. The topological polar surface area (TPSA) is 108 Å². The SMILES string of the molecule is CC(C)(C)OC(=O)NC1CC[C@H]2CC(OS(N)(=O)=O)C[C@@H]2C1. The predicted molar refractivity (Wildman–Crippen MR) is 81.2 cm³/mol. The van der Waals surface area contributed by atoms with Crippen LogP contribution in [0.15, 0.2) is 0 Å². The molecule has 2 fully saturated rings. The summed E-state index contributed by atoms with van der Waals surface area (Å²) < 4.78 is 32.2. The summed E-state index contributed by atoms with van der Waals surface area (Å²) in [6, 6.07) is 0.0735. The molecule has 0 aliphatic heterocycles. The average Bonchev–Trinajstić information content (AvgIpc) is 2.64. The third-order valence-corrected chi connectivity index (χ3v) is 4.80. The van der Waals surface area contributed by atoms with Gasteiger partial charge in [-0.05, 0) is 64.7 Å². The van der Waals surface area contributed by atoms with Crippen LogP contribution in [0.5, 0.6) is 0 Å². The number of amides is 1. The van der Waals surface area contributed by atoms with E-state index in [1.165, 1.54) is 0 Å². The minimum atomic E-state index is -3.89. The first-order valence-corrected chi connectivity index (χ1v) is 9.19. The zero-order valence-corrected chi connectivity index (χ0v) is 14.2. The molecular weight excluding hydrogens is 308 g/mol. The van der Waals surface area contributed by atoms with Gasteiger partial charge in [0.25, 0.3) is 0 Å². The quantitative estimate of drug-likeness (QED) is 0.816. The Morgan fingerprint density at radius 2 is 1.77 bits per heavy atom. The summed E-state index contributed by atoms with van der Waals surface area (Å²) in [6.07, 6.45) is 3.33. The number of alkyl carbamates (subject to hydrolysis) is 1. The van der Waals surface area contributed by atoms with Crippen molar-refractivity contribution in [3.63, 3.8) is 0 Å². The number of fused-ring (bicyclic) bond motifs is 1. The molecule has 0 saturated heterocycles. The second-order valence-electron chi connectivity index (χ2n) is 7.36. The second kappa shape index (κ2) is 6.33. The van der Waals surface area contributed by atoms with Gasteiger partial charge in [0.05, 0.1) is 6.10 Å². The third kappa shape index (κ3) is 5.40. The molecule has 0 bridgehead atoms. The lowest BCUT2D eigenvalue weighted by molar-refractivity contribution is 0.0476. The van der Waals surface area contributed by atoms with Crippen molar-refractivity contribution in [1.29, 1.82) is 0 Å². The monoisotopic (exact) mass is 334 g/mol. The van der Waals surface area contributed by atoms with Crippen molar-refractivity contribution < 1.29 is 22.1 Å². The Hall–Kier alpha value is -0.860. The van der Waals surface area contributed by atoms with Crippen LogP contribution in [0.2, 0.25) is 0 Å². The highest BCUT2D eigenvalue weighted by atomic mass is 32.2. The van der Waals surface area contributed by atoms with E-state index in [4.69, 9.17) is 14.1 Å². The Labute approximate surface area is 132 Å². The Balaban J connectivity index is 1.83. The van der Waals surface area contributed by atoms with Gasteiger partial charge in [0.15, 0.2) is 0 Å². The van der Waals surface area contributed by atoms with Gasteiger partial charge in [-0.1, -0.05) is 0 Å². The smallest absolute Gasteiger partial charge is 0.407 e. The fourth-order valence-corrected chi connectivity index (χ4v) is 4.11. The standard InChI is InChI=1S/C14H26N2O5S/c1-14(2,3)20-13(17)16-11-5-4-9-7-12(8-10(9)6-11)21-22(15,18)19/h9-12H,4-8H2,1-3H3,(H,16,17)(H2,15,18,19)/t9-,10-,11?,12?/m0/s1. The minimum Gasteiger partial charge on any atom is -0.444 e. The Kier molecular flexibility index (Phi) is 5.03. The molecule has 2 aliphatic rings. The molecule has 2 aliphatic carbocycles. The molecule has 2 unspecified atom stereocenters. The van der Waals surface area contributed by atoms with E-state index in [9.17, 15) is 13.2 Å². The van der Waals surface area contributed by atoms with Crippen molar-refractivity contribution >= 4 is 16.4 Å². The van der Waals surface area contributed by atoms with E-state index in [1.54, 1.807) is 0 Å². The maximum atomic E-state index is 11.8. The van der Waals surface area contributed by atoms with Crippen molar-refractivity contribution in [3.05, 3.63) is 0 Å². The van der Waals surface area contributed by atoms with Crippen LogP contribution in [0.1, 0.15) is 52.9 Å². The highest BCUT2D eigenvalue weighted by Gasteiger charge is 2.40. The van der Waals surface area contributed by atoms with Crippen molar-refractivity contribution in [1.82, 2.24) is 5.32 Å². The Morgan fingerprint density at radius 1 is 1.14 bits per heavy atom. The summed E-state index contributed by atoms with van der Waals surface area (Å²) in [6.45, 7) is 5.49. The van der Waals surface area contributed by atoms with Crippen molar-refractivity contribution in [2.45, 2.75) is 70.6 Å². The highest BCUT2D eigenvalue weighted by molar-refractivity contribution is 7.84. The lowest BCUT2D eigenvalue weighted by Crippen LogP contribution is -2.42. The molecule has 1 amide bonds. The summed E-state index contributed by atoms with van der Waals surface area (Å²) >= 11 is 0. The maximum Gasteiger partial charge on any atom is 0.407 e. The number of rotatable bonds is 3. The van der Waals surface area contributed by atoms with Gasteiger partial charge in [0, 0.05) is 6.04 Å². The van der Waals surface area contributed by atoms with Gasteiger partial charge in [0.2, 0.25) is 0 Å². The zero-order valence-electron chi connectivity index (χ0n) is 13.4. The largest absolute Gasteiger partial charge is 0.444 e. The van der Waals surface area contributed by atoms with Crippen LogP contribution in [-0.4, -0.2) is 32.3 Å². The molecule has 7 nitrogen and oxygen atoms in total. The lowest BCUT2D eigenvalue weighted by Gasteiger charge is -2.32. The third-order valence-electron chi connectivity index (χ3n) is 4.26. The number of nitrogens with two attached hydrogens (primary N) is 1. The van der Waals surface area contributed by atoms with Crippen LogP contribution in [0, 0.1) is 11.8 Å². The van der Waals surface area contributed by atoms with E-state index >= 15 is 0 Å². The summed E-state index contributed by atoms with van der Waals surface area (Å²) in [5.41, 5.74) is -0.511. The first-order valence-electron chi connectivity index (χ1n) is 7.72. The molecule has 3 N–H and O–H groups in total. The number of carbonyl (C=O) groups excluding carboxylic acids is 1. The molecule has 0 spiro atoms. The van der Waals surface area contributed by atoms with Crippen LogP contribution in [0.4, 0.5) is 4.79 Å². The number of carbonyl (C=O) groups is 1. The molecule has 8 heteroatoms. The van der Waals surface area contributed by atoms with Gasteiger partial charge in [-0.25, -0.2) is 9.93 Å². The zero-order chi connectivity index (χ0) is 16.5. The normalized spacial score (nSPS) is 32.4. The Bertz CT molecular complexity index is 514. The lowest BCUT2D eigenvalue weighted by atomic mass is 9.79. The predicted octanol–water partition coefficient (Wildman–Crippen LogP) is 1.68. The summed E-state index contributed by atoms with van der Waals surface area (Å²) in [4.78, 5) is 11.8. The van der Waals surface area contributed by atoms with Crippen molar-refractivity contribution in [3.8, 4) is 0 Å². The van der Waals surface area contributed by atoms with Gasteiger partial charge >= 0.3 is 16.4 Å². The fraction of sp³-hybridized carbons (Fsp3) is 0.929. The molecule has 0 heterocycles. The van der Waals surface area contributed by atoms with Crippen LogP contribution in [0.3, 0.4) is 0 Å². The summed E-state index contributed by atoms with van der Waals surface area (Å²) in [7, 11) is -3.89. The highest BCUT2D eigenvalue weighted by Crippen LogP contribution is 2.43. The van der Waals surface area contributed by atoms with E-state index in [-0.39, 0.29) is 12.1 Å². The van der Waals surface area contributed by atoms with Crippen LogP contribution in [0.25, 0.3) is 0 Å². The van der Waals surface area contributed by atoms with Gasteiger partial charge in [-0.2, -0.15) is 8.42 Å². The van der Waals surface area contributed by atoms with Crippen molar-refractivity contribution in [2.24, 2.45) is 17.0 Å². The van der Waals surface area contributed by atoms with Gasteiger partial charge in [0.1, 0.15) is 5.60 Å². The number of hydrogen-bond acceptors (Lipinski definition) is 5. The molecule has 2 rings (SSSR count). The van der Waals surface area contributed by atoms with Crippen molar-refractivity contribution in [2.75, 3.05) is 0 Å². The Morgan fingerprint density at radius 3 is 2.36 bits per heavy atom. The number of hydrogen-bond donors (Lipinski definition) is 2. The maximum absolute atomic E-state index is 11.8. The van der Waals surface area contributed by atoms with Crippen LogP contribution in [-0.2, 0) is 19.2 Å². The van der Waals surface area contributed by atoms with Gasteiger partial charge in [-0.15, -0.1) is 0 Å². The molecule has 128 valence electrons. The molecule has 0 aromatic rings. The second-order valence-corrected chi connectivity index (χ2v) is 8.54. The summed E-state index contributed by atoms with van der Waals surface area (Å²) in [5.74, 6) is 0.809. The summed E-state index contributed by atoms with van der Waals surface area (Å²) in [5, 5.41) is 7.84. The molecular formula is C14H26N2O5S. The van der Waals surface area contributed by atoms with E-state index in [2.05, 4.69) is 5.32 Å². The number of ether oxygens (including phenoxy) is 1. The van der Waals surface area contributed by atoms with E-state index in [0.29, 0.717) is 18.3 Å². The first kappa shape index (κ1) is 17.5. The van der Waals surface area contributed by atoms with Crippen LogP contribution < -0.4 is 10.5 Å². The number of nitrogens with one attached hydrogen (secondary N) is 1.